The number of halogens is 1. The summed E-state index contributed by atoms with van der Waals surface area (Å²) in [5, 5.41) is 3.69. The molecular weight excluding hydrogens is 558 g/mol. The summed E-state index contributed by atoms with van der Waals surface area (Å²) in [5.74, 6) is -0.686. The van der Waals surface area contributed by atoms with Crippen LogP contribution in [-0.2, 0) is 26.2 Å². The maximum atomic E-state index is 14.2. The lowest BCUT2D eigenvalue weighted by Crippen LogP contribution is -2.53. The molecule has 2 amide bonds. The molecule has 1 aliphatic carbocycles. The van der Waals surface area contributed by atoms with E-state index in [2.05, 4.69) is 5.32 Å². The van der Waals surface area contributed by atoms with Gasteiger partial charge in [-0.05, 0) is 75.1 Å². The van der Waals surface area contributed by atoms with Gasteiger partial charge in [0.05, 0.1) is 10.6 Å². The van der Waals surface area contributed by atoms with Crippen LogP contribution < -0.4 is 9.62 Å². The second kappa shape index (κ2) is 13.5. The predicted molar refractivity (Wildman–Crippen MR) is 163 cm³/mol. The first-order chi connectivity index (χ1) is 19.6. The highest BCUT2D eigenvalue weighted by Crippen LogP contribution is 2.26. The van der Waals surface area contributed by atoms with Gasteiger partial charge in [0.15, 0.2) is 0 Å². The number of rotatable bonds is 11. The van der Waals surface area contributed by atoms with Crippen LogP contribution in [0.15, 0.2) is 77.7 Å². The number of sulfonamides is 1. The van der Waals surface area contributed by atoms with E-state index in [0.29, 0.717) is 17.1 Å². The number of hydrogen-bond donors (Lipinski definition) is 1. The largest absolute Gasteiger partial charge is 0.352 e. The van der Waals surface area contributed by atoms with Crippen LogP contribution >= 0.6 is 11.6 Å². The van der Waals surface area contributed by atoms with Crippen molar-refractivity contribution in [3.63, 3.8) is 0 Å². The number of nitrogens with one attached hydrogen (secondary N) is 1. The second-order valence-corrected chi connectivity index (χ2v) is 13.0. The maximum Gasteiger partial charge on any atom is 0.264 e. The minimum Gasteiger partial charge on any atom is -0.352 e. The highest BCUT2D eigenvalue weighted by atomic mass is 35.5. The Bertz CT molecular complexity index is 1440. The molecule has 0 aliphatic heterocycles. The van der Waals surface area contributed by atoms with E-state index >= 15 is 0 Å². The maximum absolute atomic E-state index is 14.2. The summed E-state index contributed by atoms with van der Waals surface area (Å²) in [5.41, 5.74) is 3.06. The molecule has 0 saturated heterocycles. The summed E-state index contributed by atoms with van der Waals surface area (Å²) in [4.78, 5) is 29.2. The number of amides is 2. The summed E-state index contributed by atoms with van der Waals surface area (Å²) in [6, 6.07) is 20.0. The van der Waals surface area contributed by atoms with Gasteiger partial charge in [-0.15, -0.1) is 0 Å². The molecule has 3 aromatic rings. The van der Waals surface area contributed by atoms with Gasteiger partial charge in [0.1, 0.15) is 12.6 Å². The quantitative estimate of drug-likeness (QED) is 0.294. The highest BCUT2D eigenvalue weighted by molar-refractivity contribution is 7.92. The molecule has 7 nitrogen and oxygen atoms in total. The van der Waals surface area contributed by atoms with E-state index in [-0.39, 0.29) is 23.4 Å². The van der Waals surface area contributed by atoms with E-state index in [1.54, 1.807) is 48.5 Å². The molecule has 0 aromatic heterocycles. The molecule has 1 saturated carbocycles. The van der Waals surface area contributed by atoms with Crippen molar-refractivity contribution in [3.8, 4) is 0 Å². The zero-order valence-corrected chi connectivity index (χ0v) is 25.4. The number of carbonyl (C=O) groups is 2. The van der Waals surface area contributed by atoms with Gasteiger partial charge in [0, 0.05) is 17.6 Å². The fourth-order valence-electron chi connectivity index (χ4n) is 5.15. The third-order valence-electron chi connectivity index (χ3n) is 7.56. The van der Waals surface area contributed by atoms with Gasteiger partial charge in [0.25, 0.3) is 10.0 Å². The molecule has 1 fully saturated rings. The Morgan fingerprint density at radius 2 is 1.46 bits per heavy atom. The second-order valence-electron chi connectivity index (χ2n) is 10.7. The van der Waals surface area contributed by atoms with E-state index in [1.807, 2.05) is 45.0 Å². The van der Waals surface area contributed by atoms with E-state index in [0.717, 1.165) is 46.7 Å². The van der Waals surface area contributed by atoms with Crippen LogP contribution in [-0.4, -0.2) is 43.8 Å². The fourth-order valence-corrected chi connectivity index (χ4v) is 6.69. The van der Waals surface area contributed by atoms with Crippen molar-refractivity contribution in [2.24, 2.45) is 0 Å². The molecule has 1 atom stereocenters. The minimum absolute atomic E-state index is 0.0896. The van der Waals surface area contributed by atoms with Gasteiger partial charge < -0.3 is 10.2 Å². The Kier molecular flexibility index (Phi) is 10.1. The van der Waals surface area contributed by atoms with Gasteiger partial charge in [-0.1, -0.05) is 78.9 Å². The Labute approximate surface area is 248 Å². The molecule has 0 unspecified atom stereocenters. The molecule has 41 heavy (non-hydrogen) atoms. The fraction of sp³-hybridized carbons (Fsp3) is 0.375. The number of aryl methyl sites for hydroxylation is 2. The average Bonchev–Trinajstić information content (AvgIpc) is 3.46. The van der Waals surface area contributed by atoms with Crippen molar-refractivity contribution in [2.75, 3.05) is 10.8 Å². The Hall–Kier alpha value is -3.36. The van der Waals surface area contributed by atoms with Crippen LogP contribution in [0.5, 0.6) is 0 Å². The third kappa shape index (κ3) is 7.68. The van der Waals surface area contributed by atoms with Crippen molar-refractivity contribution in [3.05, 3.63) is 94.5 Å². The SMILES string of the molecule is CC[C@@H](C(=O)NC1CCCC1)N(Cc1ccc(Cl)cc1)C(=O)CN(c1ccc(C)cc1)S(=O)(=O)c1ccc(C)cc1. The third-order valence-corrected chi connectivity index (χ3v) is 9.60. The number of anilines is 1. The zero-order valence-electron chi connectivity index (χ0n) is 23.8. The van der Waals surface area contributed by atoms with Crippen molar-refractivity contribution in [1.29, 1.82) is 0 Å². The summed E-state index contributed by atoms with van der Waals surface area (Å²) in [6.45, 7) is 5.34. The molecule has 1 aliphatic rings. The van der Waals surface area contributed by atoms with Crippen molar-refractivity contribution < 1.29 is 18.0 Å². The smallest absolute Gasteiger partial charge is 0.264 e. The first kappa shape index (κ1) is 30.6. The highest BCUT2D eigenvalue weighted by Gasteiger charge is 2.34. The lowest BCUT2D eigenvalue weighted by molar-refractivity contribution is -0.140. The van der Waals surface area contributed by atoms with Crippen LogP contribution in [0.3, 0.4) is 0 Å². The van der Waals surface area contributed by atoms with E-state index in [4.69, 9.17) is 11.6 Å². The first-order valence-corrected chi connectivity index (χ1v) is 15.9. The van der Waals surface area contributed by atoms with Gasteiger partial charge in [0.2, 0.25) is 11.8 Å². The van der Waals surface area contributed by atoms with Crippen molar-refractivity contribution in [2.45, 2.75) is 76.4 Å². The minimum atomic E-state index is -4.09. The van der Waals surface area contributed by atoms with Gasteiger partial charge in [-0.25, -0.2) is 8.42 Å². The van der Waals surface area contributed by atoms with Crippen molar-refractivity contribution >= 4 is 39.1 Å². The van der Waals surface area contributed by atoms with E-state index < -0.39 is 28.5 Å². The number of nitrogens with zero attached hydrogens (tertiary/aromatic N) is 2. The molecule has 218 valence electrons. The van der Waals surface area contributed by atoms with Crippen LogP contribution in [0.4, 0.5) is 5.69 Å². The summed E-state index contributed by atoms with van der Waals surface area (Å²) in [6.07, 6.45) is 4.36. The molecule has 9 heteroatoms. The van der Waals surface area contributed by atoms with Gasteiger partial charge >= 0.3 is 0 Å². The topological polar surface area (TPSA) is 86.8 Å². The Balaban J connectivity index is 1.70. The summed E-state index contributed by atoms with van der Waals surface area (Å²) in [7, 11) is -4.09. The van der Waals surface area contributed by atoms with Crippen molar-refractivity contribution in [1.82, 2.24) is 10.2 Å². The van der Waals surface area contributed by atoms with Crippen LogP contribution in [0.2, 0.25) is 5.02 Å². The van der Waals surface area contributed by atoms with Gasteiger partial charge in [-0.2, -0.15) is 0 Å². The zero-order chi connectivity index (χ0) is 29.6. The Morgan fingerprint density at radius 1 is 0.902 bits per heavy atom. The molecule has 0 heterocycles. The lowest BCUT2D eigenvalue weighted by atomic mass is 10.1. The number of carbonyl (C=O) groups excluding carboxylic acids is 2. The molecule has 1 N–H and O–H groups in total. The predicted octanol–water partition coefficient (Wildman–Crippen LogP) is 6.02. The molecule has 3 aromatic carbocycles. The standard InChI is InChI=1S/C32H38ClN3O4S/c1-4-30(32(38)34-27-7-5-6-8-27)35(21-25-13-15-26(33)16-14-25)31(37)22-36(28-17-9-23(2)10-18-28)41(39,40)29-19-11-24(3)12-20-29/h9-20,27,30H,4-8,21-22H2,1-3H3,(H,34,38)/t30-/m0/s1. The number of hydrogen-bond acceptors (Lipinski definition) is 4. The summed E-state index contributed by atoms with van der Waals surface area (Å²) < 4.78 is 29.0. The molecule has 4 rings (SSSR count). The van der Waals surface area contributed by atoms with Crippen LogP contribution in [0, 0.1) is 13.8 Å². The normalized spacial score (nSPS) is 14.4. The monoisotopic (exact) mass is 595 g/mol. The van der Waals surface area contributed by atoms with Crippen LogP contribution in [0.1, 0.15) is 55.7 Å². The Morgan fingerprint density at radius 3 is 2.02 bits per heavy atom. The van der Waals surface area contributed by atoms with Gasteiger partial charge in [-0.3, -0.25) is 13.9 Å². The molecule has 0 spiro atoms. The van der Waals surface area contributed by atoms with E-state index in [1.165, 1.54) is 4.90 Å². The number of benzene rings is 3. The molecule has 0 radical (unpaired) electrons. The van der Waals surface area contributed by atoms with Crippen LogP contribution in [0.25, 0.3) is 0 Å². The molecule has 0 bridgehead atoms. The lowest BCUT2D eigenvalue weighted by Gasteiger charge is -2.33. The summed E-state index contributed by atoms with van der Waals surface area (Å²) >= 11 is 6.09. The van der Waals surface area contributed by atoms with E-state index in [9.17, 15) is 18.0 Å². The first-order valence-electron chi connectivity index (χ1n) is 14.1. The molecular formula is C32H38ClN3O4S. The average molecular weight is 596 g/mol.